The first kappa shape index (κ1) is 38.7. The van der Waals surface area contributed by atoms with E-state index in [2.05, 4.69) is 209 Å². The number of ether oxygens (including phenoxy) is 2. The van der Waals surface area contributed by atoms with E-state index in [9.17, 15) is 0 Å². The number of anilines is 4. The van der Waals surface area contributed by atoms with Gasteiger partial charge in [0.1, 0.15) is 11.5 Å². The van der Waals surface area contributed by atoms with Crippen molar-refractivity contribution in [2.24, 2.45) is 0 Å². The Kier molecular flexibility index (Phi) is 12.2. The average Bonchev–Trinajstić information content (AvgIpc) is 3.18. The van der Waals surface area contributed by atoms with Crippen LogP contribution in [-0.2, 0) is 0 Å². The van der Waals surface area contributed by atoms with Crippen LogP contribution in [0.15, 0.2) is 133 Å². The molecule has 0 N–H and O–H groups in total. The van der Waals surface area contributed by atoms with Gasteiger partial charge in [-0.15, -0.1) is 0 Å². The van der Waals surface area contributed by atoms with Crippen LogP contribution in [0.3, 0.4) is 0 Å². The minimum Gasteiger partial charge on any atom is -0.496 e. The Bertz CT molecular complexity index is 1890. The van der Waals surface area contributed by atoms with Crippen molar-refractivity contribution in [1.82, 2.24) is 0 Å². The summed E-state index contributed by atoms with van der Waals surface area (Å²) in [7, 11) is 18.2. The lowest BCUT2D eigenvalue weighted by Gasteiger charge is -2.29. The maximum atomic E-state index is 6.33. The molecule has 0 bridgehead atoms. The molecule has 6 rings (SSSR count). The molecule has 0 radical (unpaired) electrons. The summed E-state index contributed by atoms with van der Waals surface area (Å²) in [6.07, 6.45) is 0. The number of rotatable bonds is 13. The predicted molar refractivity (Wildman–Crippen MR) is 240 cm³/mol. The summed E-state index contributed by atoms with van der Waals surface area (Å²) in [5.41, 5.74) is 6.80. The van der Waals surface area contributed by atoms with Crippen LogP contribution in [0.1, 0.15) is 0 Å². The van der Waals surface area contributed by atoms with Crippen molar-refractivity contribution < 1.29 is 9.47 Å². The third-order valence-electron chi connectivity index (χ3n) is 9.68. The van der Waals surface area contributed by atoms with Crippen LogP contribution < -0.4 is 60.9 Å². The standard InChI is InChI=1S/C46H52N4O2P2/c1-47(2)33-17-25-37(26-18-33)53(38-27-19-34(20-28-38)48(3)4)43-15-11-13-41(51-9)45(43)46-42(52-10)14-12-16-44(46)54(39-29-21-35(22-30-39)49(5)6)40-31-23-36(24-32-40)50(7)8/h11-32H,1-10H3. The lowest BCUT2D eigenvalue weighted by Crippen LogP contribution is -2.27. The zero-order valence-electron chi connectivity index (χ0n) is 33.2. The number of hydrogen-bond donors (Lipinski definition) is 0. The highest BCUT2D eigenvalue weighted by atomic mass is 31.1. The van der Waals surface area contributed by atoms with Crippen molar-refractivity contribution in [3.8, 4) is 22.6 Å². The lowest BCUT2D eigenvalue weighted by atomic mass is 10.0. The van der Waals surface area contributed by atoms with Crippen LogP contribution in [0.2, 0.25) is 0 Å². The number of benzene rings is 6. The Labute approximate surface area is 325 Å². The molecule has 278 valence electrons. The third kappa shape index (κ3) is 8.06. The van der Waals surface area contributed by atoms with Crippen molar-refractivity contribution in [2.75, 3.05) is 90.2 Å². The van der Waals surface area contributed by atoms with E-state index in [1.807, 2.05) is 0 Å². The van der Waals surface area contributed by atoms with Gasteiger partial charge in [0.05, 0.1) is 14.2 Å². The van der Waals surface area contributed by atoms with Gasteiger partial charge in [0.2, 0.25) is 0 Å². The topological polar surface area (TPSA) is 31.4 Å². The number of nitrogens with zero attached hydrogens (tertiary/aromatic N) is 4. The van der Waals surface area contributed by atoms with Crippen LogP contribution >= 0.6 is 15.8 Å². The van der Waals surface area contributed by atoms with Crippen LogP contribution in [0.5, 0.6) is 11.5 Å². The van der Waals surface area contributed by atoms with E-state index in [1.54, 1.807) is 14.2 Å². The molecule has 0 unspecified atom stereocenters. The lowest BCUT2D eigenvalue weighted by molar-refractivity contribution is 0.411. The minimum atomic E-state index is -1.03. The fraction of sp³-hybridized carbons (Fsp3) is 0.217. The van der Waals surface area contributed by atoms with Gasteiger partial charge in [-0.25, -0.2) is 0 Å². The highest BCUT2D eigenvalue weighted by Gasteiger charge is 2.30. The Morgan fingerprint density at radius 3 is 0.778 bits per heavy atom. The summed E-state index contributed by atoms with van der Waals surface area (Å²) < 4.78 is 12.7. The van der Waals surface area contributed by atoms with Gasteiger partial charge in [-0.1, -0.05) is 72.8 Å². The third-order valence-corrected chi connectivity index (χ3v) is 14.6. The molecule has 0 aliphatic heterocycles. The highest BCUT2D eigenvalue weighted by Crippen LogP contribution is 2.47. The van der Waals surface area contributed by atoms with Gasteiger partial charge in [0.25, 0.3) is 0 Å². The van der Waals surface area contributed by atoms with Gasteiger partial charge in [-0.3, -0.25) is 0 Å². The summed E-state index contributed by atoms with van der Waals surface area (Å²) in [6, 6.07) is 49.1. The first-order valence-corrected chi connectivity index (χ1v) is 20.7. The predicted octanol–water partition coefficient (Wildman–Crippen LogP) is 7.15. The second-order valence-electron chi connectivity index (χ2n) is 14.0. The fourth-order valence-electron chi connectivity index (χ4n) is 6.71. The molecule has 8 heteroatoms. The molecule has 0 saturated carbocycles. The molecule has 0 atom stereocenters. The second kappa shape index (κ2) is 17.0. The van der Waals surface area contributed by atoms with Crippen LogP contribution in [-0.4, -0.2) is 70.6 Å². The molecule has 0 saturated heterocycles. The summed E-state index contributed by atoms with van der Waals surface area (Å²) in [4.78, 5) is 8.59. The maximum Gasteiger partial charge on any atom is 0.127 e. The van der Waals surface area contributed by atoms with Crippen molar-refractivity contribution in [3.05, 3.63) is 133 Å². The SMILES string of the molecule is COc1cccc(P(c2ccc(N(C)C)cc2)c2ccc(N(C)C)cc2)c1-c1c(OC)cccc1P(c1ccc(N(C)C)cc1)c1ccc(N(C)C)cc1. The van der Waals surface area contributed by atoms with Gasteiger partial charge < -0.3 is 29.1 Å². The molecule has 0 heterocycles. The number of methoxy groups -OCH3 is 2. The van der Waals surface area contributed by atoms with E-state index in [-0.39, 0.29) is 0 Å². The molecule has 54 heavy (non-hydrogen) atoms. The van der Waals surface area contributed by atoms with Gasteiger partial charge in [-0.05, 0) is 108 Å². The fourth-order valence-corrected chi connectivity index (χ4v) is 11.6. The van der Waals surface area contributed by atoms with Gasteiger partial charge in [0, 0.05) is 90.3 Å². The molecule has 0 aromatic heterocycles. The van der Waals surface area contributed by atoms with Crippen molar-refractivity contribution >= 4 is 70.4 Å². The Morgan fingerprint density at radius 1 is 0.333 bits per heavy atom. The van der Waals surface area contributed by atoms with E-state index in [1.165, 1.54) is 54.6 Å². The molecular weight excluding hydrogens is 702 g/mol. The molecular formula is C46H52N4O2P2. The van der Waals surface area contributed by atoms with Gasteiger partial charge in [0.15, 0.2) is 0 Å². The first-order chi connectivity index (χ1) is 26.0. The first-order valence-electron chi connectivity index (χ1n) is 18.1. The average molecular weight is 755 g/mol. The summed E-state index contributed by atoms with van der Waals surface area (Å²) >= 11 is 0. The van der Waals surface area contributed by atoms with E-state index < -0.39 is 15.8 Å². The smallest absolute Gasteiger partial charge is 0.127 e. The summed E-state index contributed by atoms with van der Waals surface area (Å²) in [5, 5.41) is 7.48. The Hall–Kier alpha value is -5.02. The minimum absolute atomic E-state index is 0.821. The van der Waals surface area contributed by atoms with Crippen molar-refractivity contribution in [3.63, 3.8) is 0 Å². The van der Waals surface area contributed by atoms with E-state index in [0.717, 1.165) is 22.6 Å². The van der Waals surface area contributed by atoms with Gasteiger partial charge >= 0.3 is 0 Å². The molecule has 6 nitrogen and oxygen atoms in total. The molecule has 0 spiro atoms. The summed E-state index contributed by atoms with van der Waals surface area (Å²) in [5.74, 6) is 1.64. The quantitative estimate of drug-likeness (QED) is 0.117. The monoisotopic (exact) mass is 754 g/mol. The summed E-state index contributed by atoms with van der Waals surface area (Å²) in [6.45, 7) is 0. The zero-order valence-corrected chi connectivity index (χ0v) is 35.0. The Balaban J connectivity index is 1.66. The maximum absolute atomic E-state index is 6.33. The van der Waals surface area contributed by atoms with Crippen LogP contribution in [0.25, 0.3) is 11.1 Å². The second-order valence-corrected chi connectivity index (χ2v) is 18.4. The van der Waals surface area contributed by atoms with Crippen LogP contribution in [0, 0.1) is 0 Å². The molecule has 0 aliphatic carbocycles. The molecule has 6 aromatic carbocycles. The van der Waals surface area contributed by atoms with Crippen molar-refractivity contribution in [1.29, 1.82) is 0 Å². The Morgan fingerprint density at radius 2 is 0.574 bits per heavy atom. The largest absolute Gasteiger partial charge is 0.496 e. The molecule has 0 fully saturated rings. The van der Waals surface area contributed by atoms with E-state index in [0.29, 0.717) is 0 Å². The molecule has 6 aromatic rings. The highest BCUT2D eigenvalue weighted by molar-refractivity contribution is 7.80. The molecule has 0 amide bonds. The van der Waals surface area contributed by atoms with Gasteiger partial charge in [-0.2, -0.15) is 0 Å². The van der Waals surface area contributed by atoms with E-state index in [4.69, 9.17) is 9.47 Å². The van der Waals surface area contributed by atoms with E-state index >= 15 is 0 Å². The molecule has 0 aliphatic rings. The van der Waals surface area contributed by atoms with Crippen LogP contribution in [0.4, 0.5) is 22.7 Å². The normalized spacial score (nSPS) is 11.1. The van der Waals surface area contributed by atoms with Crippen molar-refractivity contribution in [2.45, 2.75) is 0 Å². The zero-order chi connectivity index (χ0) is 38.5. The number of hydrogen-bond acceptors (Lipinski definition) is 6.